The molecule has 0 bridgehead atoms. The fourth-order valence-corrected chi connectivity index (χ4v) is 2.00. The van der Waals surface area contributed by atoms with Crippen LogP contribution in [0, 0.1) is 4.77 Å². The van der Waals surface area contributed by atoms with Gasteiger partial charge in [-0.1, -0.05) is 19.8 Å². The Labute approximate surface area is 94.2 Å². The second-order valence-corrected chi connectivity index (χ2v) is 4.05. The monoisotopic (exact) mass is 221 g/mol. The predicted molar refractivity (Wildman–Crippen MR) is 64.4 cm³/mol. The van der Waals surface area contributed by atoms with Gasteiger partial charge in [0, 0.05) is 12.7 Å². The summed E-state index contributed by atoms with van der Waals surface area (Å²) >= 11 is 5.27. The van der Waals surface area contributed by atoms with Crippen LogP contribution in [0.2, 0.25) is 0 Å². The van der Waals surface area contributed by atoms with Gasteiger partial charge < -0.3 is 9.55 Å². The van der Waals surface area contributed by atoms with Gasteiger partial charge >= 0.3 is 0 Å². The minimum absolute atomic E-state index is 0.778. The van der Waals surface area contributed by atoms with Crippen LogP contribution in [-0.2, 0) is 6.54 Å². The summed E-state index contributed by atoms with van der Waals surface area (Å²) in [5.41, 5.74) is 2.00. The van der Waals surface area contributed by atoms with E-state index in [0.717, 1.165) is 28.9 Å². The lowest BCUT2D eigenvalue weighted by Crippen LogP contribution is -1.98. The summed E-state index contributed by atoms with van der Waals surface area (Å²) in [5.74, 6) is 0. The Morgan fingerprint density at radius 3 is 3.13 bits per heavy atom. The maximum Gasteiger partial charge on any atom is 0.179 e. The van der Waals surface area contributed by atoms with E-state index in [1.165, 1.54) is 12.8 Å². The number of hydrogen-bond donors (Lipinski definition) is 1. The van der Waals surface area contributed by atoms with Crippen LogP contribution in [0.3, 0.4) is 0 Å². The van der Waals surface area contributed by atoms with Crippen LogP contribution < -0.4 is 0 Å². The van der Waals surface area contributed by atoms with Crippen molar-refractivity contribution in [3.8, 4) is 0 Å². The summed E-state index contributed by atoms with van der Waals surface area (Å²) < 4.78 is 2.86. The molecule has 2 rings (SSSR count). The molecule has 0 amide bonds. The number of aryl methyl sites for hydroxylation is 1. The Morgan fingerprint density at radius 1 is 1.47 bits per heavy atom. The molecule has 0 radical (unpaired) electrons. The second kappa shape index (κ2) is 4.57. The Hall–Kier alpha value is -1.16. The van der Waals surface area contributed by atoms with E-state index in [-0.39, 0.29) is 0 Å². The van der Waals surface area contributed by atoms with Crippen LogP contribution in [0.4, 0.5) is 0 Å². The maximum atomic E-state index is 5.27. The molecule has 80 valence electrons. The zero-order chi connectivity index (χ0) is 10.7. The smallest absolute Gasteiger partial charge is 0.179 e. The summed E-state index contributed by atoms with van der Waals surface area (Å²) in [5, 5.41) is 0. The van der Waals surface area contributed by atoms with E-state index in [1.807, 2.05) is 12.1 Å². The van der Waals surface area contributed by atoms with Crippen LogP contribution in [0.5, 0.6) is 0 Å². The van der Waals surface area contributed by atoms with Gasteiger partial charge in [-0.15, -0.1) is 0 Å². The molecule has 0 spiro atoms. The lowest BCUT2D eigenvalue weighted by atomic mass is 10.2. The lowest BCUT2D eigenvalue weighted by molar-refractivity contribution is 0.605. The van der Waals surface area contributed by atoms with Gasteiger partial charge in [0.1, 0.15) is 0 Å². The fourth-order valence-electron chi connectivity index (χ4n) is 1.72. The predicted octanol–water partition coefficient (Wildman–Crippen LogP) is 3.28. The number of aromatic nitrogens is 3. The Bertz CT molecular complexity index is 498. The molecule has 2 aromatic heterocycles. The highest BCUT2D eigenvalue weighted by molar-refractivity contribution is 7.71. The molecule has 0 saturated carbocycles. The normalized spacial score (nSPS) is 11.0. The van der Waals surface area contributed by atoms with E-state index in [0.29, 0.717) is 0 Å². The van der Waals surface area contributed by atoms with Crippen molar-refractivity contribution in [2.75, 3.05) is 0 Å². The highest BCUT2D eigenvalue weighted by Crippen LogP contribution is 2.11. The first kappa shape index (κ1) is 10.4. The number of hydrogen-bond acceptors (Lipinski definition) is 2. The summed E-state index contributed by atoms with van der Waals surface area (Å²) in [6, 6.07) is 3.93. The largest absolute Gasteiger partial charge is 0.329 e. The topological polar surface area (TPSA) is 33.6 Å². The van der Waals surface area contributed by atoms with Gasteiger partial charge in [-0.25, -0.2) is 4.98 Å². The van der Waals surface area contributed by atoms with Crippen molar-refractivity contribution >= 4 is 23.4 Å². The quantitative estimate of drug-likeness (QED) is 0.635. The lowest BCUT2D eigenvalue weighted by Gasteiger charge is -2.02. The number of imidazole rings is 1. The first-order valence-electron chi connectivity index (χ1n) is 5.36. The van der Waals surface area contributed by atoms with Gasteiger partial charge in [-0.2, -0.15) is 0 Å². The van der Waals surface area contributed by atoms with Crippen LogP contribution in [0.25, 0.3) is 11.2 Å². The number of nitrogens with zero attached hydrogens (tertiary/aromatic N) is 2. The molecule has 0 aliphatic carbocycles. The van der Waals surface area contributed by atoms with Crippen molar-refractivity contribution in [2.24, 2.45) is 0 Å². The highest BCUT2D eigenvalue weighted by Gasteiger charge is 2.03. The van der Waals surface area contributed by atoms with Gasteiger partial charge in [-0.3, -0.25) is 0 Å². The first-order chi connectivity index (χ1) is 7.33. The zero-order valence-corrected chi connectivity index (χ0v) is 9.68. The van der Waals surface area contributed by atoms with Crippen LogP contribution in [0.15, 0.2) is 18.3 Å². The van der Waals surface area contributed by atoms with E-state index < -0.39 is 0 Å². The van der Waals surface area contributed by atoms with Crippen LogP contribution in [-0.4, -0.2) is 14.5 Å². The minimum atomic E-state index is 0.778. The Kier molecular flexibility index (Phi) is 3.16. The van der Waals surface area contributed by atoms with Crippen LogP contribution in [0.1, 0.15) is 26.2 Å². The third-order valence-corrected chi connectivity index (χ3v) is 2.84. The van der Waals surface area contributed by atoms with E-state index in [2.05, 4.69) is 21.5 Å². The second-order valence-electron chi connectivity index (χ2n) is 3.66. The van der Waals surface area contributed by atoms with Crippen LogP contribution >= 0.6 is 12.2 Å². The summed E-state index contributed by atoms with van der Waals surface area (Å²) in [4.78, 5) is 7.52. The molecule has 4 heteroatoms. The molecule has 3 nitrogen and oxygen atoms in total. The number of aromatic amines is 1. The molecule has 0 aliphatic heterocycles. The molecule has 2 heterocycles. The molecule has 0 aromatic carbocycles. The van der Waals surface area contributed by atoms with Crippen molar-refractivity contribution in [3.05, 3.63) is 23.1 Å². The highest BCUT2D eigenvalue weighted by atomic mass is 32.1. The number of H-pyrrole nitrogens is 1. The summed E-state index contributed by atoms with van der Waals surface area (Å²) in [6.45, 7) is 3.16. The van der Waals surface area contributed by atoms with Gasteiger partial charge in [0.25, 0.3) is 0 Å². The number of fused-ring (bicyclic) bond motifs is 1. The standard InChI is InChI=1S/C11H15N3S/c1-2-3-4-8-14-10-9(13-11(14)15)6-5-7-12-10/h5-7H,2-4,8H2,1H3,(H,13,15). The van der Waals surface area contributed by atoms with E-state index >= 15 is 0 Å². The molecule has 1 N–H and O–H groups in total. The van der Waals surface area contributed by atoms with Gasteiger partial charge in [0.2, 0.25) is 0 Å². The van der Waals surface area contributed by atoms with Gasteiger partial charge in [-0.05, 0) is 30.8 Å². The zero-order valence-electron chi connectivity index (χ0n) is 8.86. The Morgan fingerprint density at radius 2 is 2.33 bits per heavy atom. The SMILES string of the molecule is CCCCCn1c(=S)[nH]c2cccnc21. The number of pyridine rings is 1. The van der Waals surface area contributed by atoms with E-state index in [1.54, 1.807) is 6.20 Å². The van der Waals surface area contributed by atoms with Crippen molar-refractivity contribution in [2.45, 2.75) is 32.7 Å². The van der Waals surface area contributed by atoms with E-state index in [4.69, 9.17) is 12.2 Å². The maximum absolute atomic E-state index is 5.27. The van der Waals surface area contributed by atoms with E-state index in [9.17, 15) is 0 Å². The van der Waals surface area contributed by atoms with Crippen molar-refractivity contribution in [3.63, 3.8) is 0 Å². The average Bonchev–Trinajstić information content (AvgIpc) is 2.56. The van der Waals surface area contributed by atoms with Gasteiger partial charge in [0.05, 0.1) is 5.52 Å². The number of rotatable bonds is 4. The Balaban J connectivity index is 2.33. The molecule has 0 unspecified atom stereocenters. The molecular weight excluding hydrogens is 206 g/mol. The third kappa shape index (κ3) is 2.09. The summed E-state index contributed by atoms with van der Waals surface area (Å²) in [7, 11) is 0. The molecular formula is C11H15N3S. The molecule has 0 atom stereocenters. The first-order valence-corrected chi connectivity index (χ1v) is 5.77. The molecule has 0 fully saturated rings. The van der Waals surface area contributed by atoms with Crippen molar-refractivity contribution in [1.82, 2.24) is 14.5 Å². The minimum Gasteiger partial charge on any atom is -0.329 e. The van der Waals surface area contributed by atoms with Crippen molar-refractivity contribution in [1.29, 1.82) is 0 Å². The third-order valence-electron chi connectivity index (χ3n) is 2.51. The van der Waals surface area contributed by atoms with Crippen molar-refractivity contribution < 1.29 is 0 Å². The molecule has 0 saturated heterocycles. The molecule has 2 aromatic rings. The number of nitrogens with one attached hydrogen (secondary N) is 1. The summed E-state index contributed by atoms with van der Waals surface area (Å²) in [6.07, 6.45) is 5.43. The number of unbranched alkanes of at least 4 members (excludes halogenated alkanes) is 2. The van der Waals surface area contributed by atoms with Gasteiger partial charge in [0.15, 0.2) is 10.4 Å². The molecule has 0 aliphatic rings. The molecule has 15 heavy (non-hydrogen) atoms. The fraction of sp³-hybridized carbons (Fsp3) is 0.455. The average molecular weight is 221 g/mol.